The smallest absolute Gasteiger partial charge is 0.463 e. The highest BCUT2D eigenvalue weighted by atomic mass is 31.2. The Morgan fingerprint density at radius 1 is 0.461 bits per heavy atom. The van der Waals surface area contributed by atoms with Crippen LogP contribution in [0.15, 0.2) is 0 Å². The molecule has 2 saturated heterocycles. The molecule has 76 heavy (non-hydrogen) atoms. The Balaban J connectivity index is 1.69. The molecule has 1 aliphatic carbocycles. The molecule has 1 saturated carbocycles. The Hall–Kier alpha value is -1.06. The van der Waals surface area contributed by atoms with E-state index in [0.29, 0.717) is 12.8 Å². The standard InChI is InChI=1S/C53H101O22P/c1-3-5-7-9-11-13-15-17-19-21-23-25-27-29-31-68-36(34-69-39(56)30-28-26-24-22-20-18-16-14-12-10-8-6-4-2)35-70-76(66,67)75-51-49(73-52-47(64)42(59)40(57)37(32-54)71-52)45(62)44(61)46(63)50(51)74-53-48(65)43(60)41(58)38(33-55)72-53/h36-38,40-55,57-65H,3-35H2,1-2H3,(H,66,67)/t36-,37-,38-,40-,41-,42+,43+,44?,45-,46+,47+,48+,49-,50-,51?,52-,53-/m1/s1. The fraction of sp³-hybridized carbons (Fsp3) is 0.981. The summed E-state index contributed by atoms with van der Waals surface area (Å²) in [6.45, 7) is 1.73. The van der Waals surface area contributed by atoms with Crippen LogP contribution in [0.2, 0.25) is 0 Å². The molecular formula is C53H101O22P. The second-order valence-electron chi connectivity index (χ2n) is 21.2. The minimum absolute atomic E-state index is 0.149. The third kappa shape index (κ3) is 25.0. The zero-order valence-electron chi connectivity index (χ0n) is 45.5. The first-order chi connectivity index (χ1) is 36.5. The lowest BCUT2D eigenvalue weighted by Gasteiger charge is -2.49. The predicted octanol–water partition coefficient (Wildman–Crippen LogP) is 3.85. The molecule has 0 aromatic carbocycles. The summed E-state index contributed by atoms with van der Waals surface area (Å²) in [7, 11) is -5.50. The van der Waals surface area contributed by atoms with Crippen molar-refractivity contribution < 1.29 is 108 Å². The van der Waals surface area contributed by atoms with Crippen LogP contribution < -0.4 is 0 Å². The molecule has 450 valence electrons. The molecule has 23 heteroatoms. The number of phosphoric acid groups is 1. The number of esters is 1. The Labute approximate surface area is 451 Å². The van der Waals surface area contributed by atoms with E-state index in [4.69, 9.17) is 37.5 Å². The van der Waals surface area contributed by atoms with Crippen molar-refractivity contribution in [3.8, 4) is 0 Å². The highest BCUT2D eigenvalue weighted by Gasteiger charge is 2.58. The van der Waals surface area contributed by atoms with Gasteiger partial charge in [-0.3, -0.25) is 13.8 Å². The van der Waals surface area contributed by atoms with E-state index in [1.165, 1.54) is 109 Å². The molecule has 0 spiro atoms. The van der Waals surface area contributed by atoms with Crippen LogP contribution in [-0.4, -0.2) is 204 Å². The first-order valence-corrected chi connectivity index (χ1v) is 30.4. The van der Waals surface area contributed by atoms with Crippen molar-refractivity contribution in [2.75, 3.05) is 33.0 Å². The van der Waals surface area contributed by atoms with Crippen LogP contribution in [0.4, 0.5) is 0 Å². The van der Waals surface area contributed by atoms with Gasteiger partial charge in [0.2, 0.25) is 0 Å². The van der Waals surface area contributed by atoms with Crippen molar-refractivity contribution in [3.63, 3.8) is 0 Å². The van der Waals surface area contributed by atoms with Gasteiger partial charge in [-0.05, 0) is 12.8 Å². The molecule has 0 bridgehead atoms. The normalized spacial score (nSPS) is 32.3. The zero-order valence-corrected chi connectivity index (χ0v) is 46.4. The van der Waals surface area contributed by atoms with E-state index in [1.807, 2.05) is 0 Å². The van der Waals surface area contributed by atoms with Crippen LogP contribution in [0.25, 0.3) is 0 Å². The van der Waals surface area contributed by atoms with E-state index in [2.05, 4.69) is 13.8 Å². The van der Waals surface area contributed by atoms with Gasteiger partial charge in [0.15, 0.2) is 12.6 Å². The first kappa shape index (κ1) is 69.2. The average molecular weight is 1120 g/mol. The monoisotopic (exact) mass is 1120 g/mol. The average Bonchev–Trinajstić information content (AvgIpc) is 3.40. The van der Waals surface area contributed by atoms with Crippen molar-refractivity contribution in [1.29, 1.82) is 0 Å². The maximum Gasteiger partial charge on any atom is 0.472 e. The molecule has 2 aliphatic heterocycles. The molecule has 0 amide bonds. The quantitative estimate of drug-likeness (QED) is 0.0234. The molecular weight excluding hydrogens is 1020 g/mol. The lowest BCUT2D eigenvalue weighted by atomic mass is 9.84. The topological polar surface area (TPSA) is 351 Å². The van der Waals surface area contributed by atoms with Gasteiger partial charge in [0.05, 0.1) is 19.8 Å². The fourth-order valence-corrected chi connectivity index (χ4v) is 10.8. The Morgan fingerprint density at radius 2 is 0.816 bits per heavy atom. The number of rotatable bonds is 43. The van der Waals surface area contributed by atoms with Crippen molar-refractivity contribution in [3.05, 3.63) is 0 Å². The molecule has 3 fully saturated rings. The molecule has 22 nitrogen and oxygen atoms in total. The van der Waals surface area contributed by atoms with Crippen LogP contribution >= 0.6 is 7.82 Å². The fourth-order valence-electron chi connectivity index (χ4n) is 9.87. The lowest BCUT2D eigenvalue weighted by molar-refractivity contribution is -0.360. The number of hydrogen-bond donors (Lipinski definition) is 12. The maximum absolute atomic E-state index is 14.0. The van der Waals surface area contributed by atoms with Crippen molar-refractivity contribution >= 4 is 13.8 Å². The SMILES string of the molecule is CCCCCCCCCCCCCCCCO[C@H](COC(=O)CCCCCCCCCCCCCCC)COP(=O)(O)OC1[C@H](O[C@H]2O[C@H](CO)[C@@H](O)[C@H](O)[C@@H]2O)[C@H](O)C(O)[C@H](O)[C@H]1O[C@H]1O[C@H](CO)[C@@H](O)[C@H](O)[C@@H]1O. The van der Waals surface area contributed by atoms with E-state index < -0.39 is 138 Å². The molecule has 18 atom stereocenters. The van der Waals surface area contributed by atoms with Crippen LogP contribution in [-0.2, 0) is 46.8 Å². The van der Waals surface area contributed by atoms with Gasteiger partial charge < -0.3 is 89.5 Å². The number of hydrogen-bond acceptors (Lipinski definition) is 21. The zero-order chi connectivity index (χ0) is 55.9. The van der Waals surface area contributed by atoms with Crippen molar-refractivity contribution in [2.24, 2.45) is 0 Å². The summed E-state index contributed by atoms with van der Waals surface area (Å²) in [5, 5.41) is 117. The summed E-state index contributed by atoms with van der Waals surface area (Å²) < 4.78 is 58.9. The number of phosphoric ester groups is 1. The Kier molecular flexibility index (Phi) is 35.9. The molecule has 12 N–H and O–H groups in total. The number of aliphatic hydroxyl groups excluding tert-OH is 11. The Bertz CT molecular complexity index is 1470. The number of carbonyl (C=O) groups excluding carboxylic acids is 1. The summed E-state index contributed by atoms with van der Waals surface area (Å²) in [4.78, 5) is 24.3. The molecule has 3 unspecified atom stereocenters. The van der Waals surface area contributed by atoms with Gasteiger partial charge in [-0.2, -0.15) is 0 Å². The second kappa shape index (κ2) is 39.4. The van der Waals surface area contributed by atoms with Gasteiger partial charge in [0.1, 0.15) is 98.2 Å². The van der Waals surface area contributed by atoms with Crippen molar-refractivity contribution in [1.82, 2.24) is 0 Å². The molecule has 3 aliphatic rings. The second-order valence-corrected chi connectivity index (χ2v) is 22.6. The summed E-state index contributed by atoms with van der Waals surface area (Å²) in [6.07, 6.45) is -2.73. The van der Waals surface area contributed by atoms with Gasteiger partial charge in [-0.25, -0.2) is 4.57 Å². The highest BCUT2D eigenvalue weighted by molar-refractivity contribution is 7.47. The first-order valence-electron chi connectivity index (χ1n) is 28.9. The van der Waals surface area contributed by atoms with E-state index >= 15 is 0 Å². The summed E-state index contributed by atoms with van der Waals surface area (Å²) in [6, 6.07) is 0. The number of carbonyl (C=O) groups is 1. The third-order valence-corrected chi connectivity index (χ3v) is 15.7. The van der Waals surface area contributed by atoms with Crippen LogP contribution in [0.3, 0.4) is 0 Å². The minimum Gasteiger partial charge on any atom is -0.463 e. The van der Waals surface area contributed by atoms with Crippen LogP contribution in [0.1, 0.15) is 194 Å². The van der Waals surface area contributed by atoms with Gasteiger partial charge >= 0.3 is 13.8 Å². The minimum atomic E-state index is -5.50. The summed E-state index contributed by atoms with van der Waals surface area (Å²) in [5.41, 5.74) is 0. The maximum atomic E-state index is 14.0. The van der Waals surface area contributed by atoms with Crippen LogP contribution in [0, 0.1) is 0 Å². The highest BCUT2D eigenvalue weighted by Crippen LogP contribution is 2.49. The summed E-state index contributed by atoms with van der Waals surface area (Å²) in [5.74, 6) is -0.498. The Morgan fingerprint density at radius 3 is 1.20 bits per heavy atom. The summed E-state index contributed by atoms with van der Waals surface area (Å²) >= 11 is 0. The van der Waals surface area contributed by atoms with E-state index in [9.17, 15) is 70.4 Å². The molecule has 0 aromatic rings. The molecule has 0 radical (unpaired) electrons. The third-order valence-electron chi connectivity index (χ3n) is 14.7. The number of unbranched alkanes of at least 4 members (excludes halogenated alkanes) is 25. The van der Waals surface area contributed by atoms with Gasteiger partial charge in [-0.1, -0.05) is 174 Å². The van der Waals surface area contributed by atoms with Crippen molar-refractivity contribution in [2.45, 2.75) is 298 Å². The molecule has 3 rings (SSSR count). The number of ether oxygens (including phenoxy) is 6. The number of aliphatic hydroxyl groups is 11. The largest absolute Gasteiger partial charge is 0.472 e. The molecule has 0 aromatic heterocycles. The molecule has 2 heterocycles. The van der Waals surface area contributed by atoms with E-state index in [1.54, 1.807) is 0 Å². The predicted molar refractivity (Wildman–Crippen MR) is 277 cm³/mol. The van der Waals surface area contributed by atoms with Gasteiger partial charge in [0, 0.05) is 13.0 Å². The van der Waals surface area contributed by atoms with E-state index in [-0.39, 0.29) is 19.6 Å². The lowest BCUT2D eigenvalue weighted by Crippen LogP contribution is -2.69. The van der Waals surface area contributed by atoms with E-state index in [0.717, 1.165) is 51.4 Å². The van der Waals surface area contributed by atoms with Gasteiger partial charge in [0.25, 0.3) is 0 Å². The van der Waals surface area contributed by atoms with Gasteiger partial charge in [-0.15, -0.1) is 0 Å². The van der Waals surface area contributed by atoms with Crippen LogP contribution in [0.5, 0.6) is 0 Å².